The van der Waals surface area contributed by atoms with Crippen molar-refractivity contribution in [3.8, 4) is 0 Å². The van der Waals surface area contributed by atoms with Crippen LogP contribution in [0.5, 0.6) is 0 Å². The van der Waals surface area contributed by atoms with E-state index in [-0.39, 0.29) is 12.8 Å². The first-order chi connectivity index (χ1) is 17.4. The van der Waals surface area contributed by atoms with Gasteiger partial charge in [0.15, 0.2) is 6.10 Å². The first-order valence-corrected chi connectivity index (χ1v) is 12.7. The number of hydrogen-bond acceptors (Lipinski definition) is 7. The Morgan fingerprint density at radius 1 is 1.24 bits per heavy atom. The zero-order chi connectivity index (χ0) is 26.6. The number of sulfonamides is 1. The fraction of sp³-hybridized carbons (Fsp3) is 0.348. The fourth-order valence-corrected chi connectivity index (χ4v) is 7.09. The Morgan fingerprint density at radius 2 is 1.97 bits per heavy atom. The molecule has 0 radical (unpaired) electrons. The summed E-state index contributed by atoms with van der Waals surface area (Å²) in [6.07, 6.45) is -4.20. The molecule has 196 valence electrons. The van der Waals surface area contributed by atoms with Crippen LogP contribution in [-0.4, -0.2) is 48.5 Å². The number of carbonyl (C=O) groups is 1. The van der Waals surface area contributed by atoms with Gasteiger partial charge in [-0.2, -0.15) is 13.2 Å². The second-order valence-electron chi connectivity index (χ2n) is 8.99. The lowest BCUT2D eigenvalue weighted by Gasteiger charge is -2.45. The minimum absolute atomic E-state index is 0.134. The van der Waals surface area contributed by atoms with E-state index in [1.807, 2.05) is 0 Å². The molecule has 3 aliphatic heterocycles. The smallest absolute Gasteiger partial charge is 0.416 e. The van der Waals surface area contributed by atoms with Gasteiger partial charge < -0.3 is 9.47 Å². The third-order valence-corrected chi connectivity index (χ3v) is 8.61. The number of benzene rings is 2. The monoisotopic (exact) mass is 539 g/mol. The highest BCUT2D eigenvalue weighted by Crippen LogP contribution is 2.49. The number of anilines is 1. The number of nitrogens with zero attached hydrogens (tertiary/aromatic N) is 1. The van der Waals surface area contributed by atoms with E-state index in [2.05, 4.69) is 10.0 Å². The molecule has 3 heterocycles. The van der Waals surface area contributed by atoms with Gasteiger partial charge in [0.1, 0.15) is 16.5 Å². The van der Waals surface area contributed by atoms with E-state index in [1.165, 1.54) is 0 Å². The van der Waals surface area contributed by atoms with Gasteiger partial charge in [0.2, 0.25) is 10.0 Å². The van der Waals surface area contributed by atoms with E-state index in [9.17, 15) is 36.5 Å². The number of nitrogens with one attached hydrogen (secondary N) is 2. The SMILES string of the molecule is O=C(Nc1ccc(C(F)(F)F)cc1[N+](=O)[O-])O[C@H]1[C@H](Cc2ccccc2)NS(=O)(=O)[C@H]2C[C@H]3C=C[C@]12O3. The van der Waals surface area contributed by atoms with Gasteiger partial charge in [0, 0.05) is 6.07 Å². The average molecular weight is 539 g/mol. The number of fused-ring (bicyclic) bond motifs is 1. The molecule has 0 saturated carbocycles. The molecular formula is C23H20F3N3O7S. The van der Waals surface area contributed by atoms with Crippen LogP contribution in [0.15, 0.2) is 60.7 Å². The maximum atomic E-state index is 13.1. The number of alkyl halides is 3. The molecule has 0 aromatic heterocycles. The molecule has 0 unspecified atom stereocenters. The standard InChI is InChI=1S/C23H20F3N3O7S/c24-23(25,26)14-6-7-16(18(11-14)29(31)32)27-21(30)35-20-17(10-13-4-2-1-3-5-13)28-37(33,34)19-12-15-8-9-22(19,20)36-15/h1-9,11,15,17,19-20,28H,10,12H2,(H,27,30)/t15-,17+,19+,20+,22-/m1/s1. The minimum atomic E-state index is -4.83. The van der Waals surface area contributed by atoms with Crippen molar-refractivity contribution in [2.45, 2.75) is 48.1 Å². The lowest BCUT2D eigenvalue weighted by molar-refractivity contribution is -0.384. The van der Waals surface area contributed by atoms with Gasteiger partial charge in [-0.3, -0.25) is 15.4 Å². The van der Waals surface area contributed by atoms with Gasteiger partial charge in [-0.05, 0) is 36.6 Å². The molecule has 10 nitrogen and oxygen atoms in total. The molecule has 37 heavy (non-hydrogen) atoms. The van der Waals surface area contributed by atoms with Crippen LogP contribution >= 0.6 is 0 Å². The number of nitro benzene ring substituents is 1. The summed E-state index contributed by atoms with van der Waals surface area (Å²) < 4.78 is 79.4. The van der Waals surface area contributed by atoms with E-state index in [1.54, 1.807) is 42.5 Å². The third kappa shape index (κ3) is 4.55. The zero-order valence-corrected chi connectivity index (χ0v) is 19.7. The number of amides is 1. The molecule has 1 amide bonds. The Morgan fingerprint density at radius 3 is 2.62 bits per heavy atom. The van der Waals surface area contributed by atoms with Crippen molar-refractivity contribution >= 4 is 27.5 Å². The van der Waals surface area contributed by atoms with Crippen LogP contribution in [-0.2, 0) is 32.1 Å². The first kappa shape index (κ1) is 25.2. The van der Waals surface area contributed by atoms with Crippen molar-refractivity contribution in [2.75, 3.05) is 5.32 Å². The van der Waals surface area contributed by atoms with E-state index >= 15 is 0 Å². The van der Waals surface area contributed by atoms with Crippen molar-refractivity contribution in [3.05, 3.63) is 81.9 Å². The van der Waals surface area contributed by atoms with Gasteiger partial charge in [-0.15, -0.1) is 0 Å². The van der Waals surface area contributed by atoms with Crippen molar-refractivity contribution in [1.29, 1.82) is 0 Å². The molecular weight excluding hydrogens is 519 g/mol. The number of nitro groups is 1. The van der Waals surface area contributed by atoms with Gasteiger partial charge in [-0.1, -0.05) is 36.4 Å². The molecule has 2 aromatic carbocycles. The minimum Gasteiger partial charge on any atom is -0.441 e. The largest absolute Gasteiger partial charge is 0.441 e. The number of ether oxygens (including phenoxy) is 2. The summed E-state index contributed by atoms with van der Waals surface area (Å²) in [5.41, 5.74) is -3.50. The Kier molecular flexibility index (Phi) is 6.00. The third-order valence-electron chi connectivity index (χ3n) is 6.67. The number of rotatable bonds is 5. The Bertz CT molecular complexity index is 1380. The predicted molar refractivity (Wildman–Crippen MR) is 123 cm³/mol. The van der Waals surface area contributed by atoms with Crippen LogP contribution in [0.2, 0.25) is 0 Å². The summed E-state index contributed by atoms with van der Waals surface area (Å²) in [6, 6.07) is 9.54. The van der Waals surface area contributed by atoms with E-state index in [4.69, 9.17) is 9.47 Å². The first-order valence-electron chi connectivity index (χ1n) is 11.1. The van der Waals surface area contributed by atoms with Crippen LogP contribution in [0.1, 0.15) is 17.5 Å². The summed E-state index contributed by atoms with van der Waals surface area (Å²) >= 11 is 0. The molecule has 0 aliphatic carbocycles. The van der Waals surface area contributed by atoms with Crippen LogP contribution in [0, 0.1) is 10.1 Å². The number of halogens is 3. The number of hydrogen-bond donors (Lipinski definition) is 2. The van der Waals surface area contributed by atoms with Crippen molar-refractivity contribution in [1.82, 2.24) is 4.72 Å². The normalized spacial score (nSPS) is 29.5. The Balaban J connectivity index is 1.45. The van der Waals surface area contributed by atoms with Crippen LogP contribution in [0.4, 0.5) is 29.3 Å². The van der Waals surface area contributed by atoms with Crippen molar-refractivity contribution < 1.29 is 40.8 Å². The number of carbonyl (C=O) groups excluding carboxylic acids is 1. The van der Waals surface area contributed by atoms with E-state index < -0.39 is 73.3 Å². The summed E-state index contributed by atoms with van der Waals surface area (Å²) in [7, 11) is -3.87. The molecule has 5 rings (SSSR count). The fourth-order valence-electron chi connectivity index (χ4n) is 5.10. The Labute approximate surface area is 208 Å². The van der Waals surface area contributed by atoms with Gasteiger partial charge in [0.05, 0.1) is 22.6 Å². The molecule has 2 bridgehead atoms. The maximum Gasteiger partial charge on any atom is 0.416 e. The second-order valence-corrected chi connectivity index (χ2v) is 10.9. The zero-order valence-electron chi connectivity index (χ0n) is 18.8. The summed E-state index contributed by atoms with van der Waals surface area (Å²) in [5.74, 6) is 0. The summed E-state index contributed by atoms with van der Waals surface area (Å²) in [6.45, 7) is 0. The van der Waals surface area contributed by atoms with Gasteiger partial charge >= 0.3 is 12.3 Å². The van der Waals surface area contributed by atoms with Crippen LogP contribution < -0.4 is 10.0 Å². The lowest BCUT2D eigenvalue weighted by Crippen LogP contribution is -2.68. The molecule has 2 saturated heterocycles. The van der Waals surface area contributed by atoms with E-state index in [0.29, 0.717) is 12.1 Å². The topological polar surface area (TPSA) is 137 Å². The molecule has 2 fully saturated rings. The quantitative estimate of drug-likeness (QED) is 0.337. The van der Waals surface area contributed by atoms with Crippen LogP contribution in [0.3, 0.4) is 0 Å². The molecule has 1 spiro atoms. The average Bonchev–Trinajstić information content (AvgIpc) is 3.42. The highest BCUT2D eigenvalue weighted by molar-refractivity contribution is 7.90. The Hall–Kier alpha value is -3.49. The van der Waals surface area contributed by atoms with Gasteiger partial charge in [-0.25, -0.2) is 17.9 Å². The highest BCUT2D eigenvalue weighted by Gasteiger charge is 2.66. The predicted octanol–water partition coefficient (Wildman–Crippen LogP) is 3.54. The second kappa shape index (κ2) is 8.82. The molecule has 2 aromatic rings. The lowest BCUT2D eigenvalue weighted by atomic mass is 9.83. The van der Waals surface area contributed by atoms with Crippen LogP contribution in [0.25, 0.3) is 0 Å². The molecule has 3 aliphatic rings. The van der Waals surface area contributed by atoms with Crippen molar-refractivity contribution in [3.63, 3.8) is 0 Å². The van der Waals surface area contributed by atoms with Gasteiger partial charge in [0.25, 0.3) is 5.69 Å². The molecule has 2 N–H and O–H groups in total. The highest BCUT2D eigenvalue weighted by atomic mass is 32.2. The summed E-state index contributed by atoms with van der Waals surface area (Å²) in [5, 5.41) is 12.5. The summed E-state index contributed by atoms with van der Waals surface area (Å²) in [4.78, 5) is 23.3. The maximum absolute atomic E-state index is 13.1. The molecule has 14 heteroatoms. The van der Waals surface area contributed by atoms with Crippen molar-refractivity contribution in [2.24, 2.45) is 0 Å². The molecule has 5 atom stereocenters. The van der Waals surface area contributed by atoms with E-state index in [0.717, 1.165) is 11.6 Å².